The number of fused-ring (bicyclic) bond motifs is 3. The maximum absolute atomic E-state index is 6.17. The molecule has 0 atom stereocenters. The Morgan fingerprint density at radius 1 is 0.731 bits per heavy atom. The van der Waals surface area contributed by atoms with Crippen molar-refractivity contribution in [3.8, 4) is 11.3 Å². The molecule has 5 rings (SSSR count). The maximum Gasteiger partial charge on any atom is 0.227 e. The Bertz CT molecular complexity index is 1190. The van der Waals surface area contributed by atoms with Crippen LogP contribution in [0.3, 0.4) is 0 Å². The minimum atomic E-state index is 0.678. The van der Waals surface area contributed by atoms with E-state index < -0.39 is 0 Å². The molecule has 2 aromatic carbocycles. The molecule has 3 heterocycles. The number of benzene rings is 2. The summed E-state index contributed by atoms with van der Waals surface area (Å²) in [5.41, 5.74) is 5.65. The van der Waals surface area contributed by atoms with Gasteiger partial charge in [0.1, 0.15) is 5.58 Å². The number of para-hydroxylation sites is 1. The van der Waals surface area contributed by atoms with Crippen LogP contribution in [0.2, 0.25) is 0 Å². The Morgan fingerprint density at radius 2 is 1.62 bits per heavy atom. The van der Waals surface area contributed by atoms with Crippen molar-refractivity contribution in [3.63, 3.8) is 0 Å². The quantitative estimate of drug-likeness (QED) is 0.428. The van der Waals surface area contributed by atoms with E-state index in [1.54, 1.807) is 6.20 Å². The number of rotatable bonds is 3. The van der Waals surface area contributed by atoms with Gasteiger partial charge in [-0.25, -0.2) is 4.98 Å². The van der Waals surface area contributed by atoms with Crippen LogP contribution in [0.4, 0.5) is 0 Å². The maximum atomic E-state index is 6.17. The predicted molar refractivity (Wildman–Crippen MR) is 104 cm³/mol. The molecule has 0 radical (unpaired) electrons. The second-order valence-electron chi connectivity index (χ2n) is 6.32. The topological polar surface area (TPSA) is 38.9 Å². The van der Waals surface area contributed by atoms with Gasteiger partial charge in [-0.1, -0.05) is 48.5 Å². The third-order valence-electron chi connectivity index (χ3n) is 4.59. The molecule has 0 fully saturated rings. The highest BCUT2D eigenvalue weighted by Crippen LogP contribution is 2.34. The molecule has 0 aliphatic rings. The second kappa shape index (κ2) is 6.12. The van der Waals surface area contributed by atoms with Crippen LogP contribution in [-0.2, 0) is 6.42 Å². The molecule has 0 saturated heterocycles. The minimum absolute atomic E-state index is 0.678. The molecule has 0 spiro atoms. The third-order valence-corrected chi connectivity index (χ3v) is 4.59. The first-order chi connectivity index (χ1) is 12.9. The Kier molecular flexibility index (Phi) is 3.49. The Labute approximate surface area is 151 Å². The number of aromatic nitrogens is 2. The van der Waals surface area contributed by atoms with Gasteiger partial charge >= 0.3 is 0 Å². The smallest absolute Gasteiger partial charge is 0.227 e. The number of furan rings is 1. The van der Waals surface area contributed by atoms with Gasteiger partial charge in [0.05, 0.1) is 5.69 Å². The molecule has 0 saturated carbocycles. The molecule has 3 aromatic heterocycles. The molecule has 124 valence electrons. The highest BCUT2D eigenvalue weighted by molar-refractivity contribution is 6.08. The molecule has 0 bridgehead atoms. The lowest BCUT2D eigenvalue weighted by Gasteiger charge is -2.00. The third kappa shape index (κ3) is 2.54. The summed E-state index contributed by atoms with van der Waals surface area (Å²) in [6.45, 7) is 0. The molecule has 26 heavy (non-hydrogen) atoms. The average molecular weight is 336 g/mol. The highest BCUT2D eigenvalue weighted by Gasteiger charge is 2.14. The van der Waals surface area contributed by atoms with Gasteiger partial charge in [-0.05, 0) is 35.9 Å². The van der Waals surface area contributed by atoms with Gasteiger partial charge in [0.2, 0.25) is 5.71 Å². The van der Waals surface area contributed by atoms with E-state index in [2.05, 4.69) is 35.3 Å². The molecule has 0 aliphatic heterocycles. The predicted octanol–water partition coefficient (Wildman–Crippen LogP) is 5.63. The fourth-order valence-corrected chi connectivity index (χ4v) is 3.34. The van der Waals surface area contributed by atoms with E-state index in [0.717, 1.165) is 39.7 Å². The van der Waals surface area contributed by atoms with Crippen LogP contribution in [-0.4, -0.2) is 9.97 Å². The summed E-state index contributed by atoms with van der Waals surface area (Å²) < 4.78 is 6.17. The molecule has 0 unspecified atom stereocenters. The van der Waals surface area contributed by atoms with Gasteiger partial charge in [-0.2, -0.15) is 0 Å². The van der Waals surface area contributed by atoms with Gasteiger partial charge in [-0.15, -0.1) is 0 Å². The zero-order valence-corrected chi connectivity index (χ0v) is 14.1. The zero-order chi connectivity index (χ0) is 17.3. The first-order valence-corrected chi connectivity index (χ1v) is 8.65. The SMILES string of the molecule is c1ccc(Cc2ccc3c(n2)oc2c(-c4ccccn4)cccc23)cc1. The Balaban J connectivity index is 1.65. The van der Waals surface area contributed by atoms with Crippen LogP contribution in [0, 0.1) is 0 Å². The van der Waals surface area contributed by atoms with Crippen molar-refractivity contribution in [1.82, 2.24) is 9.97 Å². The molecule has 3 nitrogen and oxygen atoms in total. The van der Waals surface area contributed by atoms with Gasteiger partial charge in [-0.3, -0.25) is 4.98 Å². The molecular weight excluding hydrogens is 320 g/mol. The normalized spacial score (nSPS) is 11.2. The van der Waals surface area contributed by atoms with Gasteiger partial charge < -0.3 is 4.42 Å². The lowest BCUT2D eigenvalue weighted by molar-refractivity contribution is 0.652. The van der Waals surface area contributed by atoms with Gasteiger partial charge in [0.25, 0.3) is 0 Å². The Morgan fingerprint density at radius 3 is 2.46 bits per heavy atom. The summed E-state index contributed by atoms with van der Waals surface area (Å²) in [5.74, 6) is 0. The van der Waals surface area contributed by atoms with Crippen LogP contribution in [0.15, 0.2) is 89.5 Å². The molecule has 0 N–H and O–H groups in total. The molecule has 0 amide bonds. The van der Waals surface area contributed by atoms with Gasteiger partial charge in [0.15, 0.2) is 0 Å². The van der Waals surface area contributed by atoms with Crippen molar-refractivity contribution in [3.05, 3.63) is 96.3 Å². The van der Waals surface area contributed by atoms with E-state index in [-0.39, 0.29) is 0 Å². The standard InChI is InChI=1S/C23H16N2O/c1-2-7-16(8-3-1)15-17-12-13-19-18-9-6-10-20(21-11-4-5-14-24-21)22(18)26-23(19)25-17/h1-14H,15H2. The van der Waals surface area contributed by atoms with Crippen molar-refractivity contribution >= 4 is 22.1 Å². The first-order valence-electron chi connectivity index (χ1n) is 8.65. The van der Waals surface area contributed by atoms with Crippen molar-refractivity contribution in [2.24, 2.45) is 0 Å². The minimum Gasteiger partial charge on any atom is -0.437 e. The fraction of sp³-hybridized carbons (Fsp3) is 0.0435. The summed E-state index contributed by atoms with van der Waals surface area (Å²) >= 11 is 0. The average Bonchev–Trinajstić information content (AvgIpc) is 3.07. The van der Waals surface area contributed by atoms with Crippen LogP contribution in [0.1, 0.15) is 11.3 Å². The molecule has 3 heteroatoms. The first kappa shape index (κ1) is 14.8. The lowest BCUT2D eigenvalue weighted by atomic mass is 10.1. The highest BCUT2D eigenvalue weighted by atomic mass is 16.3. The van der Waals surface area contributed by atoms with E-state index >= 15 is 0 Å². The lowest BCUT2D eigenvalue weighted by Crippen LogP contribution is -1.91. The van der Waals surface area contributed by atoms with Crippen molar-refractivity contribution in [1.29, 1.82) is 0 Å². The molecular formula is C23H16N2O. The number of nitrogens with zero attached hydrogens (tertiary/aromatic N) is 2. The summed E-state index contributed by atoms with van der Waals surface area (Å²) in [7, 11) is 0. The van der Waals surface area contributed by atoms with E-state index in [0.29, 0.717) is 5.71 Å². The second-order valence-corrected chi connectivity index (χ2v) is 6.32. The zero-order valence-electron chi connectivity index (χ0n) is 14.1. The van der Waals surface area contributed by atoms with E-state index in [1.165, 1.54) is 5.56 Å². The molecule has 0 aliphatic carbocycles. The number of hydrogen-bond donors (Lipinski definition) is 0. The Hall–Kier alpha value is -3.46. The fourth-order valence-electron chi connectivity index (χ4n) is 3.34. The van der Waals surface area contributed by atoms with E-state index in [1.807, 2.05) is 48.5 Å². The largest absolute Gasteiger partial charge is 0.437 e. The van der Waals surface area contributed by atoms with Gasteiger partial charge in [0, 0.05) is 34.6 Å². The van der Waals surface area contributed by atoms with Crippen LogP contribution in [0.25, 0.3) is 33.3 Å². The van der Waals surface area contributed by atoms with Crippen molar-refractivity contribution < 1.29 is 4.42 Å². The van der Waals surface area contributed by atoms with E-state index in [9.17, 15) is 0 Å². The monoisotopic (exact) mass is 336 g/mol. The summed E-state index contributed by atoms with van der Waals surface area (Å²) in [6, 6.07) is 26.6. The number of pyridine rings is 2. The van der Waals surface area contributed by atoms with Crippen LogP contribution in [0.5, 0.6) is 0 Å². The van der Waals surface area contributed by atoms with Crippen molar-refractivity contribution in [2.75, 3.05) is 0 Å². The molecule has 5 aromatic rings. The summed E-state index contributed by atoms with van der Waals surface area (Å²) in [4.78, 5) is 9.22. The van der Waals surface area contributed by atoms with Crippen molar-refractivity contribution in [2.45, 2.75) is 6.42 Å². The van der Waals surface area contributed by atoms with Crippen LogP contribution >= 0.6 is 0 Å². The number of hydrogen-bond acceptors (Lipinski definition) is 3. The summed E-state index contributed by atoms with van der Waals surface area (Å²) in [6.07, 6.45) is 2.59. The van der Waals surface area contributed by atoms with E-state index in [4.69, 9.17) is 9.40 Å². The van der Waals surface area contributed by atoms with Crippen LogP contribution < -0.4 is 0 Å². The summed E-state index contributed by atoms with van der Waals surface area (Å²) in [5, 5.41) is 2.11.